The van der Waals surface area contributed by atoms with E-state index in [1.165, 1.54) is 6.08 Å². The summed E-state index contributed by atoms with van der Waals surface area (Å²) in [4.78, 5) is 0. The van der Waals surface area contributed by atoms with Crippen molar-refractivity contribution in [2.24, 2.45) is 5.73 Å². The van der Waals surface area contributed by atoms with E-state index in [1.54, 1.807) is 6.08 Å². The summed E-state index contributed by atoms with van der Waals surface area (Å²) in [6, 6.07) is 22.1. The predicted octanol–water partition coefficient (Wildman–Crippen LogP) is 5.04. The Morgan fingerprint density at radius 1 is 0.759 bits per heavy atom. The van der Waals surface area contributed by atoms with Crippen LogP contribution in [0.1, 0.15) is 16.7 Å². The fourth-order valence-electron chi connectivity index (χ4n) is 4.68. The average Bonchev–Trinajstić information content (AvgIpc) is 3.02. The highest BCUT2D eigenvalue weighted by molar-refractivity contribution is 5.86. The van der Waals surface area contributed by atoms with Crippen molar-refractivity contribution < 1.29 is 8.78 Å². The lowest BCUT2D eigenvalue weighted by Crippen LogP contribution is -2.42. The van der Waals surface area contributed by atoms with Crippen LogP contribution < -0.4 is 11.5 Å². The van der Waals surface area contributed by atoms with Gasteiger partial charge < -0.3 is 11.5 Å². The first-order valence-corrected chi connectivity index (χ1v) is 9.55. The van der Waals surface area contributed by atoms with Crippen LogP contribution in [0.3, 0.4) is 0 Å². The fraction of sp³-hybridized carbons (Fsp3) is 0.120. The van der Waals surface area contributed by atoms with Crippen LogP contribution in [0.2, 0.25) is 0 Å². The maximum Gasteiger partial charge on any atom is 0.285 e. The van der Waals surface area contributed by atoms with Crippen LogP contribution in [0.15, 0.2) is 96.6 Å². The molecule has 0 spiro atoms. The number of rotatable bonds is 2. The number of halogens is 2. The molecule has 3 aromatic rings. The number of nitrogen functional groups attached to an aromatic ring is 1. The molecule has 0 amide bonds. The van der Waals surface area contributed by atoms with E-state index < -0.39 is 17.4 Å². The third kappa shape index (κ3) is 2.42. The normalized spacial score (nSPS) is 20.7. The van der Waals surface area contributed by atoms with E-state index in [0.29, 0.717) is 11.3 Å². The number of hydrogen-bond acceptors (Lipinski definition) is 2. The summed E-state index contributed by atoms with van der Waals surface area (Å²) in [5.41, 5.74) is 16.8. The molecule has 2 aliphatic rings. The third-order valence-electron chi connectivity index (χ3n) is 6.00. The Morgan fingerprint density at radius 2 is 1.31 bits per heavy atom. The van der Waals surface area contributed by atoms with Gasteiger partial charge in [0.15, 0.2) is 0 Å². The van der Waals surface area contributed by atoms with Gasteiger partial charge in [-0.25, -0.2) is 0 Å². The SMILES string of the molecule is Nc1ccc(C2(C3=CC(F)(F)C(N)C=C3)c3ccccc3-c3ccccc32)cc1. The molecule has 0 bridgehead atoms. The largest absolute Gasteiger partial charge is 0.399 e. The van der Waals surface area contributed by atoms with E-state index in [-0.39, 0.29) is 0 Å². The number of alkyl halides is 2. The van der Waals surface area contributed by atoms with Crippen molar-refractivity contribution in [1.29, 1.82) is 0 Å². The molecular formula is C25H20F2N2. The summed E-state index contributed by atoms with van der Waals surface area (Å²) >= 11 is 0. The summed E-state index contributed by atoms with van der Waals surface area (Å²) in [5, 5.41) is 0. The number of fused-ring (bicyclic) bond motifs is 3. The Labute approximate surface area is 168 Å². The first kappa shape index (κ1) is 17.8. The molecule has 4 heteroatoms. The van der Waals surface area contributed by atoms with Gasteiger partial charge in [-0.15, -0.1) is 0 Å². The van der Waals surface area contributed by atoms with E-state index in [4.69, 9.17) is 11.5 Å². The topological polar surface area (TPSA) is 52.0 Å². The van der Waals surface area contributed by atoms with E-state index >= 15 is 0 Å². The standard InChI is InChI=1S/C25H20F2N2/c26-24(27)15-17(11-14-23(24)29)25(16-9-12-18(28)13-10-16)21-7-3-1-5-19(21)20-6-2-4-8-22(20)25/h1-15,23H,28-29H2. The molecule has 0 saturated heterocycles. The molecule has 0 saturated carbocycles. The van der Waals surface area contributed by atoms with Crippen LogP contribution in [-0.2, 0) is 5.41 Å². The van der Waals surface area contributed by atoms with Gasteiger partial charge in [0.1, 0.15) is 0 Å². The second kappa shape index (κ2) is 6.13. The van der Waals surface area contributed by atoms with Crippen molar-refractivity contribution in [3.05, 3.63) is 113 Å². The molecule has 144 valence electrons. The first-order chi connectivity index (χ1) is 13.9. The van der Waals surface area contributed by atoms with E-state index in [2.05, 4.69) is 0 Å². The molecule has 0 aromatic heterocycles. The maximum absolute atomic E-state index is 14.7. The molecule has 3 aromatic carbocycles. The van der Waals surface area contributed by atoms with Gasteiger partial charge in [0, 0.05) is 5.69 Å². The van der Waals surface area contributed by atoms with Crippen LogP contribution in [0.5, 0.6) is 0 Å². The zero-order valence-electron chi connectivity index (χ0n) is 15.6. The van der Waals surface area contributed by atoms with Gasteiger partial charge in [0.2, 0.25) is 0 Å². The van der Waals surface area contributed by atoms with Gasteiger partial charge in [0.25, 0.3) is 5.92 Å². The number of allylic oxidation sites excluding steroid dienone is 2. The van der Waals surface area contributed by atoms with Crippen LogP contribution in [0.4, 0.5) is 14.5 Å². The molecule has 5 rings (SSSR count). The lowest BCUT2D eigenvalue weighted by Gasteiger charge is -2.37. The molecule has 4 N–H and O–H groups in total. The minimum Gasteiger partial charge on any atom is -0.399 e. The zero-order chi connectivity index (χ0) is 20.2. The lowest BCUT2D eigenvalue weighted by molar-refractivity contribution is 0.0388. The van der Waals surface area contributed by atoms with Gasteiger partial charge in [-0.3, -0.25) is 0 Å². The third-order valence-corrected chi connectivity index (χ3v) is 6.00. The highest BCUT2D eigenvalue weighted by Gasteiger charge is 2.49. The quantitative estimate of drug-likeness (QED) is 0.606. The first-order valence-electron chi connectivity index (χ1n) is 9.55. The molecular weight excluding hydrogens is 366 g/mol. The van der Waals surface area contributed by atoms with Crippen molar-refractivity contribution in [1.82, 2.24) is 0 Å². The highest BCUT2D eigenvalue weighted by atomic mass is 19.3. The minimum atomic E-state index is -3.13. The van der Waals surface area contributed by atoms with Gasteiger partial charge in [-0.1, -0.05) is 72.8 Å². The summed E-state index contributed by atoms with van der Waals surface area (Å²) in [5.74, 6) is -3.13. The van der Waals surface area contributed by atoms with Gasteiger partial charge in [0.05, 0.1) is 11.5 Å². The summed E-state index contributed by atoms with van der Waals surface area (Å²) in [7, 11) is 0. The second-order valence-corrected chi connectivity index (χ2v) is 7.62. The van der Waals surface area contributed by atoms with Crippen LogP contribution in [0, 0.1) is 0 Å². The summed E-state index contributed by atoms with van der Waals surface area (Å²) < 4.78 is 29.5. The highest BCUT2D eigenvalue weighted by Crippen LogP contribution is 2.57. The molecule has 0 fully saturated rings. The van der Waals surface area contributed by atoms with Gasteiger partial charge in [-0.2, -0.15) is 8.78 Å². The van der Waals surface area contributed by atoms with Crippen molar-refractivity contribution in [3.63, 3.8) is 0 Å². The summed E-state index contributed by atoms with van der Waals surface area (Å²) in [6.07, 6.45) is 4.18. The van der Waals surface area contributed by atoms with Crippen LogP contribution in [-0.4, -0.2) is 12.0 Å². The second-order valence-electron chi connectivity index (χ2n) is 7.62. The number of benzene rings is 3. The van der Waals surface area contributed by atoms with E-state index in [9.17, 15) is 8.78 Å². The molecule has 1 atom stereocenters. The fourth-order valence-corrected chi connectivity index (χ4v) is 4.68. The monoisotopic (exact) mass is 386 g/mol. The van der Waals surface area contributed by atoms with Gasteiger partial charge in [-0.05, 0) is 51.6 Å². The van der Waals surface area contributed by atoms with Crippen LogP contribution in [0.25, 0.3) is 11.1 Å². The average molecular weight is 386 g/mol. The maximum atomic E-state index is 14.7. The van der Waals surface area contributed by atoms with Crippen molar-refractivity contribution in [2.45, 2.75) is 17.4 Å². The summed E-state index contributed by atoms with van der Waals surface area (Å²) in [6.45, 7) is 0. The molecule has 29 heavy (non-hydrogen) atoms. The Hall–Kier alpha value is -3.24. The Morgan fingerprint density at radius 3 is 1.86 bits per heavy atom. The minimum absolute atomic E-state index is 0.520. The Balaban J connectivity index is 1.91. The number of nitrogens with two attached hydrogens (primary N) is 2. The molecule has 2 nitrogen and oxygen atoms in total. The van der Waals surface area contributed by atoms with Crippen molar-refractivity contribution in [3.8, 4) is 11.1 Å². The smallest absolute Gasteiger partial charge is 0.285 e. The molecule has 0 radical (unpaired) electrons. The number of anilines is 1. The number of hydrogen-bond donors (Lipinski definition) is 2. The van der Waals surface area contributed by atoms with E-state index in [1.807, 2.05) is 72.8 Å². The lowest BCUT2D eigenvalue weighted by atomic mass is 9.66. The van der Waals surface area contributed by atoms with Gasteiger partial charge >= 0.3 is 0 Å². The van der Waals surface area contributed by atoms with Crippen molar-refractivity contribution >= 4 is 5.69 Å². The molecule has 0 heterocycles. The predicted molar refractivity (Wildman–Crippen MR) is 113 cm³/mol. The van der Waals surface area contributed by atoms with Crippen molar-refractivity contribution in [2.75, 3.05) is 5.73 Å². The van der Waals surface area contributed by atoms with Crippen LogP contribution >= 0.6 is 0 Å². The molecule has 2 aliphatic carbocycles. The van der Waals surface area contributed by atoms with E-state index in [0.717, 1.165) is 33.9 Å². The Bertz CT molecular complexity index is 1110. The Kier molecular flexibility index (Phi) is 3.77. The molecule has 1 unspecified atom stereocenters. The zero-order valence-corrected chi connectivity index (χ0v) is 15.6. The molecule has 0 aliphatic heterocycles.